The lowest BCUT2D eigenvalue weighted by Crippen LogP contribution is -2.10. The highest BCUT2D eigenvalue weighted by Gasteiger charge is 2.19. The third kappa shape index (κ3) is 3.11. The molecule has 1 heterocycles. The minimum atomic E-state index is 0.869. The van der Waals surface area contributed by atoms with Crippen molar-refractivity contribution in [1.29, 1.82) is 0 Å². The van der Waals surface area contributed by atoms with Gasteiger partial charge in [-0.1, -0.05) is 78.9 Å². The third-order valence-corrected chi connectivity index (χ3v) is 7.99. The van der Waals surface area contributed by atoms with Crippen molar-refractivity contribution in [3.63, 3.8) is 0 Å². The highest BCUT2D eigenvalue weighted by Crippen LogP contribution is 2.44. The summed E-state index contributed by atoms with van der Waals surface area (Å²) in [5, 5.41) is 9.92. The SMILES string of the molecule is Brc1cc(N(c2ccccc2)c2cc3ccc4cccc5ccc(c2)c3c45)cc2c1oc1ccccc12. The van der Waals surface area contributed by atoms with Crippen LogP contribution in [-0.4, -0.2) is 0 Å². The van der Waals surface area contributed by atoms with Crippen LogP contribution in [0.25, 0.3) is 54.3 Å². The van der Waals surface area contributed by atoms with E-state index in [1.807, 2.05) is 12.1 Å². The lowest BCUT2D eigenvalue weighted by molar-refractivity contribution is 0.667. The Labute approximate surface area is 221 Å². The van der Waals surface area contributed by atoms with Gasteiger partial charge in [-0.3, -0.25) is 0 Å². The maximum absolute atomic E-state index is 6.20. The fourth-order valence-electron chi connectivity index (χ4n) is 5.79. The van der Waals surface area contributed by atoms with Gasteiger partial charge >= 0.3 is 0 Å². The predicted octanol–water partition coefficient (Wildman–Crippen LogP) is 10.7. The zero-order chi connectivity index (χ0) is 24.5. The Bertz CT molecular complexity index is 2050. The molecule has 0 saturated carbocycles. The molecule has 0 aliphatic carbocycles. The molecule has 8 aromatic rings. The maximum Gasteiger partial charge on any atom is 0.149 e. The van der Waals surface area contributed by atoms with Crippen molar-refractivity contribution >= 4 is 87.2 Å². The second kappa shape index (κ2) is 7.83. The van der Waals surface area contributed by atoms with Gasteiger partial charge in [-0.05, 0) is 90.7 Å². The van der Waals surface area contributed by atoms with Crippen LogP contribution in [0.2, 0.25) is 0 Å². The summed E-state index contributed by atoms with van der Waals surface area (Å²) in [4.78, 5) is 2.33. The Balaban J connectivity index is 1.43. The van der Waals surface area contributed by atoms with E-state index in [1.165, 1.54) is 32.3 Å². The van der Waals surface area contributed by atoms with Crippen LogP contribution in [0, 0.1) is 0 Å². The number of halogens is 1. The van der Waals surface area contributed by atoms with Crippen LogP contribution in [0.5, 0.6) is 0 Å². The molecule has 0 bridgehead atoms. The number of rotatable bonds is 3. The molecule has 37 heavy (non-hydrogen) atoms. The highest BCUT2D eigenvalue weighted by atomic mass is 79.9. The van der Waals surface area contributed by atoms with Gasteiger partial charge < -0.3 is 9.32 Å². The second-order valence-corrected chi connectivity index (χ2v) is 10.4. The molecular weight excluding hydrogens is 518 g/mol. The number of nitrogens with zero attached hydrogens (tertiary/aromatic N) is 1. The van der Waals surface area contributed by atoms with Crippen molar-refractivity contribution in [2.45, 2.75) is 0 Å². The van der Waals surface area contributed by atoms with Gasteiger partial charge in [-0.15, -0.1) is 0 Å². The zero-order valence-corrected chi connectivity index (χ0v) is 21.4. The van der Waals surface area contributed by atoms with Gasteiger partial charge in [0.15, 0.2) is 0 Å². The Morgan fingerprint density at radius 3 is 1.86 bits per heavy atom. The average molecular weight is 538 g/mol. The molecule has 0 aliphatic heterocycles. The molecular formula is C34H20BrNO. The standard InChI is InChI=1S/C34H20BrNO/c35-30-20-27(19-29-28-11-4-5-12-31(28)37-34(29)30)36(25-9-2-1-3-10-25)26-17-23-15-13-21-7-6-8-22-14-16-24(18-26)33(23)32(21)22/h1-20H. The molecule has 0 N–H and O–H groups in total. The van der Waals surface area contributed by atoms with E-state index in [1.54, 1.807) is 0 Å². The van der Waals surface area contributed by atoms with Crippen LogP contribution < -0.4 is 4.90 Å². The Morgan fingerprint density at radius 2 is 1.11 bits per heavy atom. The first-order valence-electron chi connectivity index (χ1n) is 12.4. The summed E-state index contributed by atoms with van der Waals surface area (Å²) in [6, 6.07) is 43.3. The van der Waals surface area contributed by atoms with E-state index in [0.717, 1.165) is 43.5 Å². The van der Waals surface area contributed by atoms with Gasteiger partial charge in [0, 0.05) is 27.8 Å². The summed E-state index contributed by atoms with van der Waals surface area (Å²) in [6.45, 7) is 0. The Hall–Kier alpha value is -4.34. The molecule has 0 saturated heterocycles. The molecule has 7 aromatic carbocycles. The largest absolute Gasteiger partial charge is 0.455 e. The summed E-state index contributed by atoms with van der Waals surface area (Å²) in [6.07, 6.45) is 0. The van der Waals surface area contributed by atoms with E-state index < -0.39 is 0 Å². The molecule has 0 spiro atoms. The number of hydrogen-bond acceptors (Lipinski definition) is 2. The van der Waals surface area contributed by atoms with Gasteiger partial charge in [0.05, 0.1) is 4.47 Å². The van der Waals surface area contributed by atoms with E-state index in [0.29, 0.717) is 0 Å². The van der Waals surface area contributed by atoms with Gasteiger partial charge in [0.1, 0.15) is 11.2 Å². The van der Waals surface area contributed by atoms with E-state index in [-0.39, 0.29) is 0 Å². The molecule has 0 fully saturated rings. The van der Waals surface area contributed by atoms with Crippen molar-refractivity contribution in [3.8, 4) is 0 Å². The summed E-state index contributed by atoms with van der Waals surface area (Å²) >= 11 is 3.81. The minimum Gasteiger partial charge on any atom is -0.455 e. The van der Waals surface area contributed by atoms with Crippen LogP contribution in [0.1, 0.15) is 0 Å². The van der Waals surface area contributed by atoms with E-state index >= 15 is 0 Å². The Morgan fingerprint density at radius 1 is 0.486 bits per heavy atom. The predicted molar refractivity (Wildman–Crippen MR) is 160 cm³/mol. The monoisotopic (exact) mass is 537 g/mol. The van der Waals surface area contributed by atoms with Crippen LogP contribution >= 0.6 is 15.9 Å². The smallest absolute Gasteiger partial charge is 0.149 e. The van der Waals surface area contributed by atoms with Crippen LogP contribution in [0.15, 0.2) is 130 Å². The summed E-state index contributed by atoms with van der Waals surface area (Å²) in [5.74, 6) is 0. The summed E-state index contributed by atoms with van der Waals surface area (Å²) < 4.78 is 7.14. The zero-order valence-electron chi connectivity index (χ0n) is 19.8. The van der Waals surface area contributed by atoms with E-state index in [9.17, 15) is 0 Å². The first-order chi connectivity index (χ1) is 18.2. The van der Waals surface area contributed by atoms with Gasteiger partial charge in [-0.25, -0.2) is 0 Å². The number of anilines is 3. The van der Waals surface area contributed by atoms with E-state index in [2.05, 4.69) is 130 Å². The summed E-state index contributed by atoms with van der Waals surface area (Å²) in [5.41, 5.74) is 5.06. The number of hydrogen-bond donors (Lipinski definition) is 0. The number of para-hydroxylation sites is 2. The fraction of sp³-hybridized carbons (Fsp3) is 0. The van der Waals surface area contributed by atoms with Gasteiger partial charge in [0.25, 0.3) is 0 Å². The highest BCUT2D eigenvalue weighted by molar-refractivity contribution is 9.10. The topological polar surface area (TPSA) is 16.4 Å². The fourth-order valence-corrected chi connectivity index (χ4v) is 6.32. The maximum atomic E-state index is 6.20. The lowest BCUT2D eigenvalue weighted by Gasteiger charge is -2.27. The molecule has 8 rings (SSSR count). The molecule has 0 aliphatic rings. The van der Waals surface area contributed by atoms with Crippen molar-refractivity contribution in [3.05, 3.63) is 126 Å². The lowest BCUT2D eigenvalue weighted by atomic mass is 9.93. The molecule has 0 amide bonds. The minimum absolute atomic E-state index is 0.869. The van der Waals surface area contributed by atoms with Crippen molar-refractivity contribution in [2.24, 2.45) is 0 Å². The molecule has 3 heteroatoms. The van der Waals surface area contributed by atoms with Crippen LogP contribution in [0.3, 0.4) is 0 Å². The number of fused-ring (bicyclic) bond motifs is 3. The van der Waals surface area contributed by atoms with Crippen molar-refractivity contribution < 1.29 is 4.42 Å². The molecule has 0 radical (unpaired) electrons. The molecule has 2 nitrogen and oxygen atoms in total. The third-order valence-electron chi connectivity index (χ3n) is 7.40. The Kier molecular flexibility index (Phi) is 4.40. The molecule has 0 unspecified atom stereocenters. The first kappa shape index (κ1) is 20.8. The molecule has 1 aromatic heterocycles. The number of benzene rings is 7. The van der Waals surface area contributed by atoms with Gasteiger partial charge in [0.2, 0.25) is 0 Å². The van der Waals surface area contributed by atoms with Crippen molar-refractivity contribution in [2.75, 3.05) is 4.90 Å². The summed E-state index contributed by atoms with van der Waals surface area (Å²) in [7, 11) is 0. The molecule has 174 valence electrons. The van der Waals surface area contributed by atoms with Gasteiger partial charge in [-0.2, -0.15) is 0 Å². The first-order valence-corrected chi connectivity index (χ1v) is 13.2. The quantitative estimate of drug-likeness (QED) is 0.208. The normalized spacial score (nSPS) is 11.9. The number of furan rings is 1. The second-order valence-electron chi connectivity index (χ2n) is 9.55. The van der Waals surface area contributed by atoms with Crippen molar-refractivity contribution in [1.82, 2.24) is 0 Å². The average Bonchev–Trinajstić information content (AvgIpc) is 3.32. The molecule has 0 atom stereocenters. The van der Waals surface area contributed by atoms with E-state index in [4.69, 9.17) is 4.42 Å². The van der Waals surface area contributed by atoms with Crippen LogP contribution in [-0.2, 0) is 0 Å². The van der Waals surface area contributed by atoms with Crippen LogP contribution in [0.4, 0.5) is 17.1 Å².